The molecule has 0 bridgehead atoms. The molecule has 0 fully saturated rings. The van der Waals surface area contributed by atoms with E-state index < -0.39 is 0 Å². The Morgan fingerprint density at radius 2 is 1.71 bits per heavy atom. The van der Waals surface area contributed by atoms with E-state index in [0.29, 0.717) is 17.5 Å². The molecule has 0 unspecified atom stereocenters. The maximum absolute atomic E-state index is 7.34. The zero-order valence-electron chi connectivity index (χ0n) is 11.1. The van der Waals surface area contributed by atoms with Gasteiger partial charge in [-0.2, -0.15) is 0 Å². The second kappa shape index (κ2) is 5.46. The van der Waals surface area contributed by atoms with Gasteiger partial charge in [0.25, 0.3) is 0 Å². The van der Waals surface area contributed by atoms with Gasteiger partial charge in [-0.15, -0.1) is 5.10 Å². The highest BCUT2D eigenvalue weighted by atomic mass is 16.4. The molecule has 6 heteroatoms. The molecule has 0 amide bonds. The summed E-state index contributed by atoms with van der Waals surface area (Å²) in [7, 11) is 0. The van der Waals surface area contributed by atoms with Crippen LogP contribution in [-0.4, -0.2) is 16.0 Å². The van der Waals surface area contributed by atoms with Crippen LogP contribution in [0.25, 0.3) is 11.5 Å². The molecule has 104 valence electrons. The van der Waals surface area contributed by atoms with Crippen molar-refractivity contribution in [3.05, 3.63) is 60.2 Å². The minimum atomic E-state index is 0.0331. The lowest BCUT2D eigenvalue weighted by atomic mass is 10.2. The summed E-state index contributed by atoms with van der Waals surface area (Å²) in [6.45, 7) is 0. The van der Waals surface area contributed by atoms with Gasteiger partial charge in [-0.25, -0.2) is 0 Å². The third-order valence-electron chi connectivity index (χ3n) is 2.89. The molecule has 0 saturated carbocycles. The number of amidine groups is 1. The van der Waals surface area contributed by atoms with E-state index in [0.717, 1.165) is 11.3 Å². The summed E-state index contributed by atoms with van der Waals surface area (Å²) >= 11 is 0. The summed E-state index contributed by atoms with van der Waals surface area (Å²) in [5.74, 6) is 0.490. The topological polar surface area (TPSA) is 101 Å². The first-order valence-corrected chi connectivity index (χ1v) is 6.33. The molecule has 0 aliphatic heterocycles. The Hall–Kier alpha value is -3.15. The number of nitrogens with zero attached hydrogens (tertiary/aromatic N) is 2. The van der Waals surface area contributed by atoms with Gasteiger partial charge in [-0.05, 0) is 36.4 Å². The molecule has 0 saturated heterocycles. The third kappa shape index (κ3) is 2.89. The van der Waals surface area contributed by atoms with Gasteiger partial charge in [0, 0.05) is 16.8 Å². The summed E-state index contributed by atoms with van der Waals surface area (Å²) in [5, 5.41) is 18.3. The molecule has 0 aliphatic rings. The van der Waals surface area contributed by atoms with E-state index in [1.807, 2.05) is 30.3 Å². The van der Waals surface area contributed by atoms with Crippen LogP contribution in [0.2, 0.25) is 0 Å². The van der Waals surface area contributed by atoms with Gasteiger partial charge in [0.2, 0.25) is 5.89 Å². The minimum Gasteiger partial charge on any atom is -0.403 e. The lowest BCUT2D eigenvalue weighted by Gasteiger charge is -2.02. The smallest absolute Gasteiger partial charge is 0.320 e. The first-order chi connectivity index (χ1) is 10.2. The number of aromatic nitrogens is 2. The second-order valence-electron chi connectivity index (χ2n) is 4.39. The monoisotopic (exact) mass is 279 g/mol. The zero-order chi connectivity index (χ0) is 14.7. The van der Waals surface area contributed by atoms with Crippen molar-refractivity contribution in [2.45, 2.75) is 0 Å². The molecule has 6 nitrogen and oxygen atoms in total. The lowest BCUT2D eigenvalue weighted by molar-refractivity contribution is 0.587. The minimum absolute atomic E-state index is 0.0331. The highest BCUT2D eigenvalue weighted by Gasteiger charge is 2.08. The van der Waals surface area contributed by atoms with Crippen molar-refractivity contribution in [2.24, 2.45) is 5.73 Å². The molecule has 0 aliphatic carbocycles. The summed E-state index contributed by atoms with van der Waals surface area (Å²) in [6.07, 6.45) is 0. The largest absolute Gasteiger partial charge is 0.403 e. The number of benzene rings is 2. The summed E-state index contributed by atoms with van der Waals surface area (Å²) in [6, 6.07) is 16.9. The molecule has 3 rings (SSSR count). The van der Waals surface area contributed by atoms with Crippen molar-refractivity contribution in [3.8, 4) is 11.5 Å². The van der Waals surface area contributed by atoms with Gasteiger partial charge < -0.3 is 15.5 Å². The predicted molar refractivity (Wildman–Crippen MR) is 80.5 cm³/mol. The average Bonchev–Trinajstić information content (AvgIpc) is 2.97. The van der Waals surface area contributed by atoms with Gasteiger partial charge in [0.1, 0.15) is 5.84 Å². The Balaban J connectivity index is 1.77. The van der Waals surface area contributed by atoms with Gasteiger partial charge in [-0.1, -0.05) is 23.3 Å². The molecule has 0 radical (unpaired) electrons. The molecule has 3 aromatic rings. The normalized spacial score (nSPS) is 10.3. The van der Waals surface area contributed by atoms with Crippen LogP contribution in [0.5, 0.6) is 0 Å². The number of nitrogens with two attached hydrogens (primary N) is 1. The van der Waals surface area contributed by atoms with Gasteiger partial charge in [0.15, 0.2) is 0 Å². The molecule has 0 atom stereocenters. The van der Waals surface area contributed by atoms with Crippen molar-refractivity contribution in [1.29, 1.82) is 5.41 Å². The highest BCUT2D eigenvalue weighted by Crippen LogP contribution is 2.21. The standard InChI is InChI=1S/C15H13N5O/c16-13(17)10-6-8-12(9-7-10)18-15-20-19-14(21-15)11-4-2-1-3-5-11/h1-9H,(H3,16,17)(H,18,20). The van der Waals surface area contributed by atoms with Gasteiger partial charge >= 0.3 is 6.01 Å². The van der Waals surface area contributed by atoms with Crippen molar-refractivity contribution in [1.82, 2.24) is 10.2 Å². The van der Waals surface area contributed by atoms with Crippen molar-refractivity contribution in [2.75, 3.05) is 5.32 Å². The van der Waals surface area contributed by atoms with E-state index in [9.17, 15) is 0 Å². The maximum Gasteiger partial charge on any atom is 0.320 e. The van der Waals surface area contributed by atoms with Crippen LogP contribution < -0.4 is 11.1 Å². The highest BCUT2D eigenvalue weighted by molar-refractivity contribution is 5.95. The summed E-state index contributed by atoms with van der Waals surface area (Å²) in [5.41, 5.74) is 7.72. The SMILES string of the molecule is N=C(N)c1ccc(Nc2nnc(-c3ccccc3)o2)cc1. The third-order valence-corrected chi connectivity index (χ3v) is 2.89. The van der Waals surface area contributed by atoms with Gasteiger partial charge in [-0.3, -0.25) is 5.41 Å². The van der Waals surface area contributed by atoms with E-state index in [4.69, 9.17) is 15.6 Å². The van der Waals surface area contributed by atoms with Gasteiger partial charge in [0.05, 0.1) is 0 Å². The van der Waals surface area contributed by atoms with Crippen LogP contribution in [0.4, 0.5) is 11.7 Å². The fraction of sp³-hybridized carbons (Fsp3) is 0. The molecule has 4 N–H and O–H groups in total. The van der Waals surface area contributed by atoms with E-state index in [-0.39, 0.29) is 5.84 Å². The van der Waals surface area contributed by atoms with Crippen LogP contribution in [0.15, 0.2) is 59.0 Å². The Morgan fingerprint density at radius 3 is 2.38 bits per heavy atom. The fourth-order valence-corrected chi connectivity index (χ4v) is 1.83. The lowest BCUT2D eigenvalue weighted by Crippen LogP contribution is -2.10. The molecule has 0 spiro atoms. The fourth-order valence-electron chi connectivity index (χ4n) is 1.83. The number of hydrogen-bond donors (Lipinski definition) is 3. The van der Waals surface area contributed by atoms with E-state index in [2.05, 4.69) is 15.5 Å². The van der Waals surface area contributed by atoms with E-state index in [1.165, 1.54) is 0 Å². The van der Waals surface area contributed by atoms with Crippen molar-refractivity contribution < 1.29 is 4.42 Å². The molecular weight excluding hydrogens is 266 g/mol. The quantitative estimate of drug-likeness (QED) is 0.503. The molecule has 2 aromatic carbocycles. The first kappa shape index (κ1) is 12.9. The average molecular weight is 279 g/mol. The Morgan fingerprint density at radius 1 is 1.00 bits per heavy atom. The Bertz CT molecular complexity index is 749. The van der Waals surface area contributed by atoms with Crippen molar-refractivity contribution >= 4 is 17.5 Å². The van der Waals surface area contributed by atoms with E-state index in [1.54, 1.807) is 24.3 Å². The number of nitrogens with one attached hydrogen (secondary N) is 2. The van der Waals surface area contributed by atoms with Crippen molar-refractivity contribution in [3.63, 3.8) is 0 Å². The Labute approximate surface area is 121 Å². The molecule has 21 heavy (non-hydrogen) atoms. The van der Waals surface area contributed by atoms with Crippen LogP contribution in [-0.2, 0) is 0 Å². The second-order valence-corrected chi connectivity index (χ2v) is 4.39. The van der Waals surface area contributed by atoms with Crippen LogP contribution in [0.3, 0.4) is 0 Å². The Kier molecular flexibility index (Phi) is 3.34. The number of nitrogen functional groups attached to an aromatic ring is 1. The first-order valence-electron chi connectivity index (χ1n) is 6.33. The van der Waals surface area contributed by atoms with Crippen LogP contribution >= 0.6 is 0 Å². The molecule has 1 aromatic heterocycles. The molecular formula is C15H13N5O. The number of rotatable bonds is 4. The maximum atomic E-state index is 7.34. The van der Waals surface area contributed by atoms with Crippen LogP contribution in [0.1, 0.15) is 5.56 Å². The summed E-state index contributed by atoms with van der Waals surface area (Å²) < 4.78 is 5.55. The van der Waals surface area contributed by atoms with Crippen LogP contribution in [0, 0.1) is 5.41 Å². The molecule has 1 heterocycles. The number of anilines is 2. The predicted octanol–water partition coefficient (Wildman–Crippen LogP) is 2.76. The number of hydrogen-bond acceptors (Lipinski definition) is 5. The summed E-state index contributed by atoms with van der Waals surface area (Å²) in [4.78, 5) is 0. The zero-order valence-corrected chi connectivity index (χ0v) is 11.1. The van der Waals surface area contributed by atoms with E-state index >= 15 is 0 Å².